The fourth-order valence-electron chi connectivity index (χ4n) is 4.50. The Morgan fingerprint density at radius 2 is 2.00 bits per heavy atom. The topological polar surface area (TPSA) is 124 Å². The van der Waals surface area contributed by atoms with Gasteiger partial charge in [-0.1, -0.05) is 26.8 Å². The zero-order chi connectivity index (χ0) is 26.5. The number of nitrogens with zero attached hydrogens (tertiary/aromatic N) is 2. The maximum Gasteiger partial charge on any atom is 0.239 e. The molecule has 2 heterocycles. The minimum atomic E-state index is -3.80. The van der Waals surface area contributed by atoms with Crippen molar-refractivity contribution >= 4 is 32.9 Å². The van der Waals surface area contributed by atoms with Gasteiger partial charge in [-0.15, -0.1) is 0 Å². The molecule has 11 heteroatoms. The van der Waals surface area contributed by atoms with Crippen LogP contribution in [0.25, 0.3) is 11.0 Å². The number of likely N-dealkylation sites (tertiary alicyclic amines) is 1. The summed E-state index contributed by atoms with van der Waals surface area (Å²) in [5.41, 5.74) is 0.647. The number of hydrogen-bond acceptors (Lipinski definition) is 5. The summed E-state index contributed by atoms with van der Waals surface area (Å²) in [6.45, 7) is 8.13. The van der Waals surface area contributed by atoms with Crippen molar-refractivity contribution in [2.24, 2.45) is 5.92 Å². The highest BCUT2D eigenvalue weighted by Gasteiger charge is 2.33. The molecule has 3 N–H and O–H groups in total. The van der Waals surface area contributed by atoms with Crippen LogP contribution in [0.5, 0.6) is 0 Å². The minimum Gasteiger partial charge on any atom is -0.345 e. The van der Waals surface area contributed by atoms with Crippen molar-refractivity contribution < 1.29 is 22.4 Å². The first kappa shape index (κ1) is 28.0. The molecular weight excluding hydrogens is 485 g/mol. The lowest BCUT2D eigenvalue weighted by molar-refractivity contribution is -0.137. The molecule has 1 aromatic carbocycles. The van der Waals surface area contributed by atoms with E-state index in [1.54, 1.807) is 24.0 Å². The highest BCUT2D eigenvalue weighted by atomic mass is 32.2. The molecule has 0 spiro atoms. The highest BCUT2D eigenvalue weighted by molar-refractivity contribution is 7.89. The number of aromatic nitrogens is 2. The Hall–Kier alpha value is -2.53. The molecule has 1 aliphatic rings. The lowest BCUT2D eigenvalue weighted by Gasteiger charge is -2.36. The third-order valence-corrected chi connectivity index (χ3v) is 8.07. The molecule has 0 bridgehead atoms. The molecule has 36 heavy (non-hydrogen) atoms. The molecule has 1 fully saturated rings. The largest absolute Gasteiger partial charge is 0.345 e. The second kappa shape index (κ2) is 12.1. The van der Waals surface area contributed by atoms with Gasteiger partial charge in [-0.25, -0.2) is 22.5 Å². The number of hydrogen-bond donors (Lipinski definition) is 3. The molecule has 3 atom stereocenters. The van der Waals surface area contributed by atoms with E-state index < -0.39 is 33.8 Å². The summed E-state index contributed by atoms with van der Waals surface area (Å²) in [5, 5.41) is 2.74. The van der Waals surface area contributed by atoms with E-state index in [1.807, 2.05) is 20.8 Å². The maximum absolute atomic E-state index is 14.1. The molecule has 0 saturated carbocycles. The normalized spacial score (nSPS) is 18.4. The van der Waals surface area contributed by atoms with Gasteiger partial charge in [0.1, 0.15) is 17.4 Å². The van der Waals surface area contributed by atoms with Crippen molar-refractivity contribution in [2.45, 2.75) is 84.3 Å². The smallest absolute Gasteiger partial charge is 0.239 e. The zero-order valence-electron chi connectivity index (χ0n) is 21.5. The predicted molar refractivity (Wildman–Crippen MR) is 137 cm³/mol. The van der Waals surface area contributed by atoms with Crippen molar-refractivity contribution in [3.05, 3.63) is 29.8 Å². The number of amides is 2. The van der Waals surface area contributed by atoms with Crippen LogP contribution in [0, 0.1) is 11.7 Å². The quantitative estimate of drug-likeness (QED) is 0.416. The minimum absolute atomic E-state index is 0.0943. The number of halogens is 1. The number of nitrogens with one attached hydrogen (secondary N) is 3. The summed E-state index contributed by atoms with van der Waals surface area (Å²) in [6, 6.07) is 2.69. The number of fused-ring (bicyclic) bond motifs is 1. The first-order valence-corrected chi connectivity index (χ1v) is 14.4. The number of rotatable bonds is 11. The fourth-order valence-corrected chi connectivity index (χ4v) is 6.03. The van der Waals surface area contributed by atoms with Gasteiger partial charge in [0.25, 0.3) is 0 Å². The number of sulfonamides is 1. The zero-order valence-corrected chi connectivity index (χ0v) is 22.3. The van der Waals surface area contributed by atoms with Gasteiger partial charge < -0.3 is 15.2 Å². The van der Waals surface area contributed by atoms with Gasteiger partial charge in [0.2, 0.25) is 21.8 Å². The van der Waals surface area contributed by atoms with Gasteiger partial charge in [-0.05, 0) is 57.1 Å². The van der Waals surface area contributed by atoms with Crippen molar-refractivity contribution in [1.82, 2.24) is 24.9 Å². The summed E-state index contributed by atoms with van der Waals surface area (Å²) < 4.78 is 42.1. The Kier molecular flexibility index (Phi) is 9.46. The Morgan fingerprint density at radius 1 is 1.25 bits per heavy atom. The van der Waals surface area contributed by atoms with E-state index in [-0.39, 0.29) is 35.6 Å². The molecule has 2 amide bonds. The van der Waals surface area contributed by atoms with Crippen LogP contribution in [-0.4, -0.2) is 59.5 Å². The molecule has 200 valence electrons. The second-order valence-electron chi connectivity index (χ2n) is 10.0. The lowest BCUT2D eigenvalue weighted by Crippen LogP contribution is -2.52. The van der Waals surface area contributed by atoms with Crippen molar-refractivity contribution in [3.8, 4) is 0 Å². The Bertz CT molecular complexity index is 1170. The van der Waals surface area contributed by atoms with E-state index in [1.165, 1.54) is 6.07 Å². The number of carbonyl (C=O) groups is 2. The molecule has 1 aromatic heterocycles. The van der Waals surface area contributed by atoms with Gasteiger partial charge in [-0.3, -0.25) is 9.59 Å². The summed E-state index contributed by atoms with van der Waals surface area (Å²) in [5.74, 6) is -0.993. The molecular formula is C25H38FN5O4S. The van der Waals surface area contributed by atoms with Gasteiger partial charge in [0.15, 0.2) is 5.82 Å². The summed E-state index contributed by atoms with van der Waals surface area (Å²) in [7, 11) is -3.80. The van der Waals surface area contributed by atoms with Crippen molar-refractivity contribution in [2.75, 3.05) is 12.3 Å². The Morgan fingerprint density at radius 3 is 2.67 bits per heavy atom. The summed E-state index contributed by atoms with van der Waals surface area (Å²) in [4.78, 5) is 35.5. The van der Waals surface area contributed by atoms with Crippen molar-refractivity contribution in [3.63, 3.8) is 0 Å². The molecule has 2 unspecified atom stereocenters. The maximum atomic E-state index is 14.1. The van der Waals surface area contributed by atoms with Crippen LogP contribution >= 0.6 is 0 Å². The number of imidazole rings is 1. The first-order valence-electron chi connectivity index (χ1n) is 12.7. The molecule has 0 radical (unpaired) electrons. The standard InChI is InChI=1S/C25H38FN5O4S/c1-5-18-9-6-7-13-31(18)22(32)15-21(30-36(34,35)14-12-16(2)3)25(33)27-17(4)24-28-20-11-8-10-19(26)23(20)29-24/h8,10-11,16-18,21,30H,5-7,9,12-15H2,1-4H3,(H,27,33)(H,28,29)/t17?,18-,21?/m0/s1. The third-order valence-electron chi connectivity index (χ3n) is 6.65. The second-order valence-corrected chi connectivity index (χ2v) is 11.9. The predicted octanol–water partition coefficient (Wildman–Crippen LogP) is 3.39. The summed E-state index contributed by atoms with van der Waals surface area (Å²) in [6.07, 6.45) is 3.80. The monoisotopic (exact) mass is 523 g/mol. The Balaban J connectivity index is 1.78. The van der Waals surface area contributed by atoms with Gasteiger partial charge in [0, 0.05) is 12.6 Å². The number of H-pyrrole nitrogens is 1. The van der Waals surface area contributed by atoms with Crippen LogP contribution in [0.2, 0.25) is 0 Å². The third kappa shape index (κ3) is 7.25. The van der Waals surface area contributed by atoms with Gasteiger partial charge >= 0.3 is 0 Å². The molecule has 2 aromatic rings. The number of aromatic amines is 1. The average molecular weight is 524 g/mol. The van der Waals surface area contributed by atoms with Crippen LogP contribution in [0.15, 0.2) is 18.2 Å². The fraction of sp³-hybridized carbons (Fsp3) is 0.640. The number of benzene rings is 1. The van der Waals surface area contributed by atoms with E-state index >= 15 is 0 Å². The van der Waals surface area contributed by atoms with Gasteiger partial charge in [0.05, 0.1) is 23.7 Å². The molecule has 3 rings (SSSR count). The average Bonchev–Trinajstić information content (AvgIpc) is 3.28. The van der Waals surface area contributed by atoms with E-state index in [0.717, 1.165) is 25.7 Å². The van der Waals surface area contributed by atoms with Crippen LogP contribution < -0.4 is 10.0 Å². The van der Waals surface area contributed by atoms with E-state index in [2.05, 4.69) is 20.0 Å². The van der Waals surface area contributed by atoms with E-state index in [4.69, 9.17) is 0 Å². The molecule has 1 aliphatic heterocycles. The number of carbonyl (C=O) groups excluding carboxylic acids is 2. The molecule has 1 saturated heterocycles. The van der Waals surface area contributed by atoms with Crippen LogP contribution in [0.1, 0.15) is 78.1 Å². The number of para-hydroxylation sites is 1. The SMILES string of the molecule is CC[C@H]1CCCCN1C(=O)CC(NS(=O)(=O)CCC(C)C)C(=O)NC(C)c1nc2c(F)cccc2[nH]1. The van der Waals surface area contributed by atoms with E-state index in [9.17, 15) is 22.4 Å². The first-order chi connectivity index (χ1) is 17.0. The highest BCUT2D eigenvalue weighted by Crippen LogP contribution is 2.22. The number of piperidine rings is 1. The van der Waals surface area contributed by atoms with Gasteiger partial charge in [-0.2, -0.15) is 0 Å². The summed E-state index contributed by atoms with van der Waals surface area (Å²) >= 11 is 0. The molecule has 0 aliphatic carbocycles. The Labute approximate surface area is 212 Å². The lowest BCUT2D eigenvalue weighted by atomic mass is 9.99. The molecule has 9 nitrogen and oxygen atoms in total. The van der Waals surface area contributed by atoms with Crippen LogP contribution in [0.4, 0.5) is 4.39 Å². The van der Waals surface area contributed by atoms with E-state index in [0.29, 0.717) is 24.3 Å². The van der Waals surface area contributed by atoms with Crippen LogP contribution in [-0.2, 0) is 19.6 Å². The van der Waals surface area contributed by atoms with Crippen LogP contribution in [0.3, 0.4) is 0 Å². The van der Waals surface area contributed by atoms with Crippen molar-refractivity contribution in [1.29, 1.82) is 0 Å².